The summed E-state index contributed by atoms with van der Waals surface area (Å²) in [7, 11) is 0. The summed E-state index contributed by atoms with van der Waals surface area (Å²) in [6.45, 7) is 0.00755. The second kappa shape index (κ2) is 6.01. The lowest BCUT2D eigenvalue weighted by molar-refractivity contribution is -0.137. The Bertz CT molecular complexity index is 614. The fourth-order valence-electron chi connectivity index (χ4n) is 1.71. The van der Waals surface area contributed by atoms with Gasteiger partial charge in [-0.15, -0.1) is 0 Å². The molecule has 0 aliphatic rings. The molecular weight excluding hydrogens is 357 g/mol. The minimum Gasteiger partial charge on any atom is -0.376 e. The predicted molar refractivity (Wildman–Crippen MR) is 72.8 cm³/mol. The van der Waals surface area contributed by atoms with Crippen LogP contribution in [0.2, 0.25) is 0 Å². The van der Waals surface area contributed by atoms with Gasteiger partial charge in [-0.3, -0.25) is 0 Å². The molecule has 2 aromatic rings. The average molecular weight is 366 g/mol. The summed E-state index contributed by atoms with van der Waals surface area (Å²) in [5.74, 6) is -1.57. The zero-order valence-electron chi connectivity index (χ0n) is 10.4. The molecule has 112 valence electrons. The summed E-state index contributed by atoms with van der Waals surface area (Å²) in [5.41, 5.74) is -0.616. The van der Waals surface area contributed by atoms with E-state index >= 15 is 0 Å². The average Bonchev–Trinajstić information content (AvgIpc) is 2.37. The maximum Gasteiger partial charge on any atom is 0.416 e. The van der Waals surface area contributed by atoms with Gasteiger partial charge in [0, 0.05) is 11.0 Å². The Morgan fingerprint density at radius 1 is 0.952 bits per heavy atom. The molecule has 0 radical (unpaired) electrons. The van der Waals surface area contributed by atoms with Crippen LogP contribution in [0.15, 0.2) is 40.9 Å². The molecule has 0 aromatic heterocycles. The fraction of sp³-hybridized carbons (Fsp3) is 0.143. The maximum absolute atomic E-state index is 13.6. The van der Waals surface area contributed by atoms with Crippen molar-refractivity contribution in [3.8, 4) is 0 Å². The van der Waals surface area contributed by atoms with Gasteiger partial charge in [-0.1, -0.05) is 28.1 Å². The minimum absolute atomic E-state index is 0.00755. The first-order chi connectivity index (χ1) is 9.77. The summed E-state index contributed by atoms with van der Waals surface area (Å²) in [5, 5.41) is 2.53. The highest BCUT2D eigenvalue weighted by Crippen LogP contribution is 2.29. The number of anilines is 1. The van der Waals surface area contributed by atoms with Crippen molar-refractivity contribution in [3.05, 3.63) is 63.6 Å². The van der Waals surface area contributed by atoms with Crippen LogP contribution in [0.4, 0.5) is 27.6 Å². The zero-order valence-corrected chi connectivity index (χ0v) is 12.0. The third kappa shape index (κ3) is 3.93. The lowest BCUT2D eigenvalue weighted by Gasteiger charge is -2.11. The SMILES string of the molecule is Fc1cc(Br)cc(F)c1NCc1ccc(C(F)(F)F)cc1. The van der Waals surface area contributed by atoms with E-state index in [0.29, 0.717) is 5.56 Å². The molecule has 0 amide bonds. The Labute approximate surface area is 125 Å². The molecule has 0 heterocycles. The first kappa shape index (κ1) is 15.8. The molecule has 0 saturated carbocycles. The standard InChI is InChI=1S/C14H9BrF5N/c15-10-5-11(16)13(12(17)6-10)21-7-8-1-3-9(4-2-8)14(18,19)20/h1-6,21H,7H2. The minimum atomic E-state index is -4.41. The number of rotatable bonds is 3. The monoisotopic (exact) mass is 365 g/mol. The molecule has 1 N–H and O–H groups in total. The van der Waals surface area contributed by atoms with Crippen molar-refractivity contribution >= 4 is 21.6 Å². The van der Waals surface area contributed by atoms with Crippen LogP contribution in [0.25, 0.3) is 0 Å². The predicted octanol–water partition coefficient (Wildman–Crippen LogP) is 5.36. The van der Waals surface area contributed by atoms with Crippen LogP contribution in [-0.4, -0.2) is 0 Å². The van der Waals surface area contributed by atoms with Crippen molar-refractivity contribution in [1.82, 2.24) is 0 Å². The molecule has 0 saturated heterocycles. The van der Waals surface area contributed by atoms with E-state index in [1.807, 2.05) is 0 Å². The number of alkyl halides is 3. The van der Waals surface area contributed by atoms with E-state index in [9.17, 15) is 22.0 Å². The molecule has 7 heteroatoms. The Balaban J connectivity index is 2.10. The molecule has 0 unspecified atom stereocenters. The highest BCUT2D eigenvalue weighted by molar-refractivity contribution is 9.10. The molecule has 2 rings (SSSR count). The van der Waals surface area contributed by atoms with Crippen molar-refractivity contribution in [3.63, 3.8) is 0 Å². The normalized spacial score (nSPS) is 11.5. The summed E-state index contributed by atoms with van der Waals surface area (Å²) in [6.07, 6.45) is -4.41. The third-order valence-electron chi connectivity index (χ3n) is 2.76. The van der Waals surface area contributed by atoms with Crippen molar-refractivity contribution in [2.45, 2.75) is 12.7 Å². The smallest absolute Gasteiger partial charge is 0.376 e. The zero-order chi connectivity index (χ0) is 15.6. The van der Waals surface area contributed by atoms with E-state index in [1.165, 1.54) is 12.1 Å². The Morgan fingerprint density at radius 2 is 1.48 bits per heavy atom. The van der Waals surface area contributed by atoms with E-state index in [4.69, 9.17) is 0 Å². The quantitative estimate of drug-likeness (QED) is 0.722. The number of benzene rings is 2. The highest BCUT2D eigenvalue weighted by Gasteiger charge is 2.29. The van der Waals surface area contributed by atoms with Crippen LogP contribution in [-0.2, 0) is 12.7 Å². The Morgan fingerprint density at radius 3 is 1.95 bits per heavy atom. The highest BCUT2D eigenvalue weighted by atomic mass is 79.9. The van der Waals surface area contributed by atoms with Gasteiger partial charge in [0.1, 0.15) is 17.3 Å². The van der Waals surface area contributed by atoms with Gasteiger partial charge >= 0.3 is 6.18 Å². The molecule has 2 aromatic carbocycles. The number of halogens is 6. The third-order valence-corrected chi connectivity index (χ3v) is 3.22. The van der Waals surface area contributed by atoms with Crippen LogP contribution in [0.3, 0.4) is 0 Å². The number of hydrogen-bond donors (Lipinski definition) is 1. The van der Waals surface area contributed by atoms with Crippen molar-refractivity contribution in [2.24, 2.45) is 0 Å². The van der Waals surface area contributed by atoms with Gasteiger partial charge in [-0.25, -0.2) is 8.78 Å². The van der Waals surface area contributed by atoms with Gasteiger partial charge in [-0.2, -0.15) is 13.2 Å². The van der Waals surface area contributed by atoms with E-state index in [-0.39, 0.29) is 16.7 Å². The summed E-state index contributed by atoms with van der Waals surface area (Å²) in [6, 6.07) is 6.54. The molecule has 21 heavy (non-hydrogen) atoms. The van der Waals surface area contributed by atoms with Gasteiger partial charge in [0.15, 0.2) is 0 Å². The van der Waals surface area contributed by atoms with E-state index in [0.717, 1.165) is 24.3 Å². The largest absolute Gasteiger partial charge is 0.416 e. The first-order valence-corrected chi connectivity index (χ1v) is 6.61. The molecule has 0 fully saturated rings. The van der Waals surface area contributed by atoms with Crippen LogP contribution >= 0.6 is 15.9 Å². The topological polar surface area (TPSA) is 12.0 Å². The molecule has 0 aliphatic heterocycles. The van der Waals surface area contributed by atoms with Crippen LogP contribution in [0.5, 0.6) is 0 Å². The maximum atomic E-state index is 13.6. The van der Waals surface area contributed by atoms with Crippen LogP contribution < -0.4 is 5.32 Å². The molecule has 1 nitrogen and oxygen atoms in total. The summed E-state index contributed by atoms with van der Waals surface area (Å²) in [4.78, 5) is 0. The summed E-state index contributed by atoms with van der Waals surface area (Å²) < 4.78 is 64.6. The van der Waals surface area contributed by atoms with E-state index in [1.54, 1.807) is 0 Å². The lowest BCUT2D eigenvalue weighted by atomic mass is 10.1. The van der Waals surface area contributed by atoms with Crippen molar-refractivity contribution in [1.29, 1.82) is 0 Å². The molecule has 0 aliphatic carbocycles. The molecule has 0 spiro atoms. The number of hydrogen-bond acceptors (Lipinski definition) is 1. The van der Waals surface area contributed by atoms with E-state index < -0.39 is 23.4 Å². The Kier molecular flexibility index (Phi) is 4.51. The van der Waals surface area contributed by atoms with Gasteiger partial charge < -0.3 is 5.32 Å². The fourth-order valence-corrected chi connectivity index (χ4v) is 2.12. The molecule has 0 atom stereocenters. The number of nitrogens with one attached hydrogen (secondary N) is 1. The molecule has 0 bridgehead atoms. The van der Waals surface area contributed by atoms with Crippen molar-refractivity contribution in [2.75, 3.05) is 5.32 Å². The molecular formula is C14H9BrF5N. The Hall–Kier alpha value is -1.63. The van der Waals surface area contributed by atoms with Gasteiger partial charge in [0.05, 0.1) is 5.56 Å². The van der Waals surface area contributed by atoms with Crippen LogP contribution in [0, 0.1) is 11.6 Å². The van der Waals surface area contributed by atoms with Gasteiger partial charge in [-0.05, 0) is 29.8 Å². The lowest BCUT2D eigenvalue weighted by Crippen LogP contribution is -2.06. The van der Waals surface area contributed by atoms with Gasteiger partial charge in [0.2, 0.25) is 0 Å². The second-order valence-electron chi connectivity index (χ2n) is 4.29. The van der Waals surface area contributed by atoms with Crippen LogP contribution in [0.1, 0.15) is 11.1 Å². The van der Waals surface area contributed by atoms with E-state index in [2.05, 4.69) is 21.2 Å². The summed E-state index contributed by atoms with van der Waals surface area (Å²) >= 11 is 2.96. The first-order valence-electron chi connectivity index (χ1n) is 5.82. The van der Waals surface area contributed by atoms with Crippen molar-refractivity contribution < 1.29 is 22.0 Å². The van der Waals surface area contributed by atoms with Gasteiger partial charge in [0.25, 0.3) is 0 Å². The second-order valence-corrected chi connectivity index (χ2v) is 5.21.